The van der Waals surface area contributed by atoms with Gasteiger partial charge in [0.25, 0.3) is 0 Å². The van der Waals surface area contributed by atoms with Crippen LogP contribution in [0.1, 0.15) is 25.1 Å². The van der Waals surface area contributed by atoms with Crippen molar-refractivity contribution in [1.82, 2.24) is 20.0 Å². The van der Waals surface area contributed by atoms with Gasteiger partial charge in [-0.05, 0) is 49.5 Å². The van der Waals surface area contributed by atoms with E-state index in [1.165, 1.54) is 5.69 Å². The molecule has 0 bridgehead atoms. The number of nitrogens with zero attached hydrogens (tertiary/aromatic N) is 3. The van der Waals surface area contributed by atoms with Crippen molar-refractivity contribution < 1.29 is 0 Å². The molecular formula is C11H21BrN4. The molecule has 1 heterocycles. The van der Waals surface area contributed by atoms with Gasteiger partial charge < -0.3 is 10.2 Å². The summed E-state index contributed by atoms with van der Waals surface area (Å²) in [6.07, 6.45) is 2.94. The van der Waals surface area contributed by atoms with E-state index in [0.29, 0.717) is 6.04 Å². The third-order valence-electron chi connectivity index (χ3n) is 2.58. The molecule has 1 aromatic rings. The van der Waals surface area contributed by atoms with E-state index in [-0.39, 0.29) is 0 Å². The second-order valence-electron chi connectivity index (χ2n) is 4.20. The van der Waals surface area contributed by atoms with E-state index in [4.69, 9.17) is 0 Å². The van der Waals surface area contributed by atoms with Crippen molar-refractivity contribution in [3.63, 3.8) is 0 Å². The molecule has 0 aliphatic rings. The Morgan fingerprint density at radius 3 is 2.69 bits per heavy atom. The Morgan fingerprint density at radius 1 is 1.56 bits per heavy atom. The first-order valence-electron chi connectivity index (χ1n) is 5.61. The first-order valence-corrected chi connectivity index (χ1v) is 6.41. The second kappa shape index (κ2) is 6.37. The predicted octanol–water partition coefficient (Wildman–Crippen LogP) is 1.78. The van der Waals surface area contributed by atoms with E-state index in [9.17, 15) is 0 Å². The highest BCUT2D eigenvalue weighted by molar-refractivity contribution is 9.10. The van der Waals surface area contributed by atoms with Crippen molar-refractivity contribution in [2.45, 2.75) is 19.4 Å². The summed E-state index contributed by atoms with van der Waals surface area (Å²) >= 11 is 3.56. The van der Waals surface area contributed by atoms with Gasteiger partial charge in [0.2, 0.25) is 0 Å². The largest absolute Gasteiger partial charge is 0.309 e. The number of aromatic nitrogens is 2. The number of hydrogen-bond acceptors (Lipinski definition) is 3. The van der Waals surface area contributed by atoms with Crippen LogP contribution >= 0.6 is 15.9 Å². The van der Waals surface area contributed by atoms with Gasteiger partial charge in [-0.1, -0.05) is 6.92 Å². The molecule has 0 spiro atoms. The van der Waals surface area contributed by atoms with Crippen molar-refractivity contribution in [1.29, 1.82) is 0 Å². The molecule has 0 saturated heterocycles. The molecule has 1 atom stereocenters. The minimum atomic E-state index is 0.356. The Balaban J connectivity index is 2.76. The molecule has 0 aliphatic heterocycles. The summed E-state index contributed by atoms with van der Waals surface area (Å²) in [5, 5.41) is 7.77. The third kappa shape index (κ3) is 3.57. The maximum Gasteiger partial charge on any atom is 0.0692 e. The lowest BCUT2D eigenvalue weighted by molar-refractivity contribution is 0.356. The number of rotatable bonds is 6. The normalized spacial score (nSPS) is 13.4. The summed E-state index contributed by atoms with van der Waals surface area (Å²) in [4.78, 5) is 2.20. The van der Waals surface area contributed by atoms with E-state index >= 15 is 0 Å². The number of hydrogen-bond donors (Lipinski definition) is 1. The Labute approximate surface area is 106 Å². The fourth-order valence-electron chi connectivity index (χ4n) is 1.78. The van der Waals surface area contributed by atoms with Gasteiger partial charge in [0.15, 0.2) is 0 Å². The van der Waals surface area contributed by atoms with Crippen molar-refractivity contribution in [3.8, 4) is 0 Å². The van der Waals surface area contributed by atoms with Crippen LogP contribution in [-0.4, -0.2) is 41.9 Å². The highest BCUT2D eigenvalue weighted by atomic mass is 79.9. The summed E-state index contributed by atoms with van der Waals surface area (Å²) in [6, 6.07) is 0.356. The molecule has 92 valence electrons. The summed E-state index contributed by atoms with van der Waals surface area (Å²) in [5.74, 6) is 0. The van der Waals surface area contributed by atoms with Crippen LogP contribution in [0, 0.1) is 0 Å². The van der Waals surface area contributed by atoms with Gasteiger partial charge >= 0.3 is 0 Å². The highest BCUT2D eigenvalue weighted by Crippen LogP contribution is 2.24. The van der Waals surface area contributed by atoms with Crippen molar-refractivity contribution in [2.75, 3.05) is 27.2 Å². The van der Waals surface area contributed by atoms with Gasteiger partial charge in [-0.3, -0.25) is 4.68 Å². The number of aryl methyl sites for hydroxylation is 1. The summed E-state index contributed by atoms with van der Waals surface area (Å²) in [7, 11) is 6.18. The van der Waals surface area contributed by atoms with E-state index in [1.54, 1.807) is 0 Å². The van der Waals surface area contributed by atoms with E-state index < -0.39 is 0 Å². The van der Waals surface area contributed by atoms with Crippen LogP contribution in [0.2, 0.25) is 0 Å². The average molecular weight is 289 g/mol. The molecule has 1 N–H and O–H groups in total. The first kappa shape index (κ1) is 13.7. The number of halogens is 1. The highest BCUT2D eigenvalue weighted by Gasteiger charge is 2.17. The Kier molecular flexibility index (Phi) is 5.44. The standard InChI is InChI=1S/C11H21BrN4/c1-5-13-10(6-7-15(2)3)11-9(12)8-14-16(11)4/h8,10,13H,5-7H2,1-4H3. The molecule has 1 rings (SSSR count). The molecule has 1 unspecified atom stereocenters. The molecule has 0 aliphatic carbocycles. The van der Waals surface area contributed by atoms with Crippen LogP contribution in [0.25, 0.3) is 0 Å². The maximum atomic E-state index is 4.26. The topological polar surface area (TPSA) is 33.1 Å². The lowest BCUT2D eigenvalue weighted by Gasteiger charge is -2.21. The summed E-state index contributed by atoms with van der Waals surface area (Å²) in [6.45, 7) is 4.16. The molecule has 0 saturated carbocycles. The SMILES string of the molecule is CCNC(CCN(C)C)c1c(Br)cnn1C. The quantitative estimate of drug-likeness (QED) is 0.866. The van der Waals surface area contributed by atoms with Crippen LogP contribution < -0.4 is 5.32 Å². The van der Waals surface area contributed by atoms with Crippen LogP contribution in [0.15, 0.2) is 10.7 Å². The first-order chi connectivity index (χ1) is 7.56. The van der Waals surface area contributed by atoms with Crippen LogP contribution in [0.5, 0.6) is 0 Å². The monoisotopic (exact) mass is 288 g/mol. The lowest BCUT2D eigenvalue weighted by Crippen LogP contribution is -2.27. The molecule has 0 fully saturated rings. The molecule has 4 nitrogen and oxygen atoms in total. The van der Waals surface area contributed by atoms with Crippen LogP contribution in [0.3, 0.4) is 0 Å². The molecular weight excluding hydrogens is 268 g/mol. The van der Waals surface area contributed by atoms with E-state index in [2.05, 4.69) is 52.3 Å². The second-order valence-corrected chi connectivity index (χ2v) is 5.06. The Hall–Kier alpha value is -0.390. The fourth-order valence-corrected chi connectivity index (χ4v) is 2.41. The maximum absolute atomic E-state index is 4.26. The van der Waals surface area contributed by atoms with Crippen LogP contribution in [-0.2, 0) is 7.05 Å². The third-order valence-corrected chi connectivity index (χ3v) is 3.19. The fraction of sp³-hybridized carbons (Fsp3) is 0.727. The molecule has 0 radical (unpaired) electrons. The van der Waals surface area contributed by atoms with Crippen molar-refractivity contribution in [3.05, 3.63) is 16.4 Å². The van der Waals surface area contributed by atoms with Gasteiger partial charge in [0, 0.05) is 7.05 Å². The zero-order chi connectivity index (χ0) is 12.1. The van der Waals surface area contributed by atoms with Gasteiger partial charge in [-0.15, -0.1) is 0 Å². The summed E-state index contributed by atoms with van der Waals surface area (Å²) < 4.78 is 3.02. The van der Waals surface area contributed by atoms with E-state index in [0.717, 1.165) is 24.0 Å². The zero-order valence-electron chi connectivity index (χ0n) is 10.5. The van der Waals surface area contributed by atoms with E-state index in [1.807, 2.05) is 17.9 Å². The van der Waals surface area contributed by atoms with Crippen molar-refractivity contribution >= 4 is 15.9 Å². The van der Waals surface area contributed by atoms with Crippen molar-refractivity contribution in [2.24, 2.45) is 7.05 Å². The molecule has 1 aromatic heterocycles. The van der Waals surface area contributed by atoms with Gasteiger partial charge in [-0.25, -0.2) is 0 Å². The van der Waals surface area contributed by atoms with Crippen LogP contribution in [0.4, 0.5) is 0 Å². The molecule has 0 aromatic carbocycles. The smallest absolute Gasteiger partial charge is 0.0692 e. The number of nitrogens with one attached hydrogen (secondary N) is 1. The minimum absolute atomic E-state index is 0.356. The predicted molar refractivity (Wildman–Crippen MR) is 70.5 cm³/mol. The Bertz CT molecular complexity index is 302. The lowest BCUT2D eigenvalue weighted by atomic mass is 10.1. The van der Waals surface area contributed by atoms with Gasteiger partial charge in [0.1, 0.15) is 0 Å². The molecule has 5 heteroatoms. The molecule has 16 heavy (non-hydrogen) atoms. The average Bonchev–Trinajstić information content (AvgIpc) is 2.54. The minimum Gasteiger partial charge on any atom is -0.309 e. The Morgan fingerprint density at radius 2 is 2.25 bits per heavy atom. The van der Waals surface area contributed by atoms with Gasteiger partial charge in [0.05, 0.1) is 22.4 Å². The zero-order valence-corrected chi connectivity index (χ0v) is 12.1. The van der Waals surface area contributed by atoms with Gasteiger partial charge in [-0.2, -0.15) is 5.10 Å². The summed E-state index contributed by atoms with van der Waals surface area (Å²) in [5.41, 5.74) is 1.23. The molecule has 0 amide bonds.